The normalized spacial score (nSPS) is 12.9. The number of nitrogens with zero attached hydrogens (tertiary/aromatic N) is 1. The lowest BCUT2D eigenvalue weighted by molar-refractivity contribution is -0.278. The lowest BCUT2D eigenvalue weighted by Gasteiger charge is -2.11. The van der Waals surface area contributed by atoms with Gasteiger partial charge in [-0.05, 0) is 12.8 Å². The number of carbonyl (C=O) groups is 1. The number of methoxy groups -OCH3 is 1. The molecule has 96 valence electrons. The summed E-state index contributed by atoms with van der Waals surface area (Å²) in [6, 6.07) is 1.78. The highest BCUT2D eigenvalue weighted by Gasteiger charge is 2.13. The third kappa shape index (κ3) is 6.72. The van der Waals surface area contributed by atoms with E-state index in [1.165, 1.54) is 0 Å². The SMILES string of the molecule is CCCC=C(C#N)C(=O)OOCC(CC)OC. The number of carbonyl (C=O) groups excluding carboxylic acids is 1. The molecule has 0 heterocycles. The summed E-state index contributed by atoms with van der Waals surface area (Å²) in [7, 11) is 1.56. The predicted molar refractivity (Wildman–Crippen MR) is 61.7 cm³/mol. The molecule has 0 radical (unpaired) electrons. The second-order valence-electron chi connectivity index (χ2n) is 3.44. The molecule has 5 nitrogen and oxygen atoms in total. The molecule has 0 aliphatic carbocycles. The van der Waals surface area contributed by atoms with Crippen molar-refractivity contribution in [3.05, 3.63) is 11.6 Å². The zero-order valence-corrected chi connectivity index (χ0v) is 10.6. The van der Waals surface area contributed by atoms with Gasteiger partial charge < -0.3 is 4.74 Å². The third-order valence-corrected chi connectivity index (χ3v) is 2.15. The van der Waals surface area contributed by atoms with Crippen LogP contribution in [0.15, 0.2) is 11.6 Å². The quantitative estimate of drug-likeness (QED) is 0.282. The van der Waals surface area contributed by atoms with Gasteiger partial charge in [-0.3, -0.25) is 4.89 Å². The van der Waals surface area contributed by atoms with Gasteiger partial charge in [-0.25, -0.2) is 4.79 Å². The van der Waals surface area contributed by atoms with Gasteiger partial charge in [0.1, 0.15) is 18.2 Å². The fraction of sp³-hybridized carbons (Fsp3) is 0.667. The monoisotopic (exact) mass is 241 g/mol. The Morgan fingerprint density at radius 1 is 1.47 bits per heavy atom. The van der Waals surface area contributed by atoms with Crippen LogP contribution in [-0.2, 0) is 19.3 Å². The van der Waals surface area contributed by atoms with Crippen molar-refractivity contribution in [1.82, 2.24) is 0 Å². The summed E-state index contributed by atoms with van der Waals surface area (Å²) in [4.78, 5) is 20.6. The van der Waals surface area contributed by atoms with Crippen molar-refractivity contribution in [2.45, 2.75) is 39.2 Å². The van der Waals surface area contributed by atoms with Gasteiger partial charge in [0, 0.05) is 7.11 Å². The number of hydrogen-bond acceptors (Lipinski definition) is 5. The van der Waals surface area contributed by atoms with E-state index < -0.39 is 5.97 Å². The summed E-state index contributed by atoms with van der Waals surface area (Å²) in [5.74, 6) is -0.757. The van der Waals surface area contributed by atoms with E-state index in [-0.39, 0.29) is 18.3 Å². The van der Waals surface area contributed by atoms with Crippen molar-refractivity contribution >= 4 is 5.97 Å². The Labute approximate surface area is 102 Å². The molecule has 0 aromatic rings. The maximum atomic E-state index is 11.4. The smallest absolute Gasteiger partial charge is 0.379 e. The van der Waals surface area contributed by atoms with E-state index in [1.807, 2.05) is 13.8 Å². The van der Waals surface area contributed by atoms with Crippen molar-refractivity contribution in [2.24, 2.45) is 0 Å². The molecule has 0 fully saturated rings. The Hall–Kier alpha value is -1.38. The van der Waals surface area contributed by atoms with E-state index in [2.05, 4.69) is 4.89 Å². The van der Waals surface area contributed by atoms with Crippen LogP contribution in [0.5, 0.6) is 0 Å². The number of hydrogen-bond donors (Lipinski definition) is 0. The number of nitriles is 1. The summed E-state index contributed by atoms with van der Waals surface area (Å²) >= 11 is 0. The van der Waals surface area contributed by atoms with Gasteiger partial charge >= 0.3 is 5.97 Å². The van der Waals surface area contributed by atoms with E-state index in [0.29, 0.717) is 6.42 Å². The molecule has 1 unspecified atom stereocenters. The molecular formula is C12H19NO4. The van der Waals surface area contributed by atoms with Crippen molar-refractivity contribution < 1.29 is 19.3 Å². The van der Waals surface area contributed by atoms with Gasteiger partial charge in [-0.1, -0.05) is 26.3 Å². The van der Waals surface area contributed by atoms with Crippen molar-refractivity contribution in [3.8, 4) is 6.07 Å². The molecule has 5 heteroatoms. The molecule has 17 heavy (non-hydrogen) atoms. The van der Waals surface area contributed by atoms with E-state index >= 15 is 0 Å². The summed E-state index contributed by atoms with van der Waals surface area (Å²) < 4.78 is 5.04. The van der Waals surface area contributed by atoms with Crippen LogP contribution in [0.1, 0.15) is 33.1 Å². The lowest BCUT2D eigenvalue weighted by atomic mass is 10.2. The van der Waals surface area contributed by atoms with Gasteiger partial charge in [-0.2, -0.15) is 10.1 Å². The zero-order chi connectivity index (χ0) is 13.1. The van der Waals surface area contributed by atoms with Crippen molar-refractivity contribution in [2.75, 3.05) is 13.7 Å². The predicted octanol–water partition coefficient (Wildman–Crippen LogP) is 2.14. The van der Waals surface area contributed by atoms with Gasteiger partial charge in [0.25, 0.3) is 0 Å². The molecule has 0 aromatic heterocycles. The molecule has 0 saturated carbocycles. The first-order valence-corrected chi connectivity index (χ1v) is 5.66. The number of unbranched alkanes of at least 4 members (excludes halogenated alkanes) is 1. The van der Waals surface area contributed by atoms with Crippen LogP contribution in [-0.4, -0.2) is 25.8 Å². The molecule has 0 bridgehead atoms. The van der Waals surface area contributed by atoms with Crippen LogP contribution < -0.4 is 0 Å². The summed E-state index contributed by atoms with van der Waals surface area (Å²) in [5, 5.41) is 8.72. The Bertz CT molecular complexity index is 289. The van der Waals surface area contributed by atoms with Crippen LogP contribution in [0.25, 0.3) is 0 Å². The summed E-state index contributed by atoms with van der Waals surface area (Å²) in [5.41, 5.74) is -0.0303. The number of rotatable bonds is 8. The molecule has 1 atom stereocenters. The van der Waals surface area contributed by atoms with Gasteiger partial charge in [0.05, 0.1) is 6.10 Å². The van der Waals surface area contributed by atoms with E-state index in [4.69, 9.17) is 14.9 Å². The first-order chi connectivity index (χ1) is 8.19. The molecule has 0 spiro atoms. The molecule has 0 aromatic carbocycles. The molecule has 0 rings (SSSR count). The second kappa shape index (κ2) is 9.82. The average molecular weight is 241 g/mol. The van der Waals surface area contributed by atoms with Crippen molar-refractivity contribution in [3.63, 3.8) is 0 Å². The minimum absolute atomic E-state index is 0.0303. The van der Waals surface area contributed by atoms with Crippen LogP contribution >= 0.6 is 0 Å². The van der Waals surface area contributed by atoms with Crippen molar-refractivity contribution in [1.29, 1.82) is 5.26 Å². The zero-order valence-electron chi connectivity index (χ0n) is 10.6. The van der Waals surface area contributed by atoms with E-state index in [1.54, 1.807) is 19.3 Å². The molecule has 0 N–H and O–H groups in total. The maximum Gasteiger partial charge on any atom is 0.383 e. The first-order valence-electron chi connectivity index (χ1n) is 5.66. The Kier molecular flexibility index (Phi) is 9.02. The molecule has 0 saturated heterocycles. The van der Waals surface area contributed by atoms with Crippen LogP contribution in [0, 0.1) is 11.3 Å². The van der Waals surface area contributed by atoms with Gasteiger partial charge in [0.15, 0.2) is 0 Å². The molecule has 0 aliphatic rings. The number of allylic oxidation sites excluding steroid dienone is 1. The second-order valence-corrected chi connectivity index (χ2v) is 3.44. The number of ether oxygens (including phenoxy) is 1. The van der Waals surface area contributed by atoms with Gasteiger partial charge in [-0.15, -0.1) is 0 Å². The third-order valence-electron chi connectivity index (χ3n) is 2.15. The highest BCUT2D eigenvalue weighted by molar-refractivity contribution is 5.92. The topological polar surface area (TPSA) is 68.6 Å². The van der Waals surface area contributed by atoms with Crippen LogP contribution in [0.2, 0.25) is 0 Å². The fourth-order valence-corrected chi connectivity index (χ4v) is 1.02. The highest BCUT2D eigenvalue weighted by atomic mass is 17.2. The standard InChI is InChI=1S/C12H19NO4/c1-4-6-7-10(8-13)12(14)17-16-9-11(5-2)15-3/h7,11H,4-6,9H2,1-3H3. The molecule has 0 amide bonds. The van der Waals surface area contributed by atoms with Crippen LogP contribution in [0.4, 0.5) is 0 Å². The molecular weight excluding hydrogens is 222 g/mol. The largest absolute Gasteiger partial charge is 0.383 e. The first kappa shape index (κ1) is 15.6. The minimum Gasteiger partial charge on any atom is -0.379 e. The minimum atomic E-state index is -0.757. The fourth-order valence-electron chi connectivity index (χ4n) is 1.02. The lowest BCUT2D eigenvalue weighted by Crippen LogP contribution is -2.19. The van der Waals surface area contributed by atoms with E-state index in [9.17, 15) is 4.79 Å². The van der Waals surface area contributed by atoms with Crippen LogP contribution in [0.3, 0.4) is 0 Å². The molecule has 0 aliphatic heterocycles. The van der Waals surface area contributed by atoms with Gasteiger partial charge in [0.2, 0.25) is 0 Å². The maximum absolute atomic E-state index is 11.4. The summed E-state index contributed by atoms with van der Waals surface area (Å²) in [6.07, 6.45) is 3.70. The Morgan fingerprint density at radius 3 is 2.65 bits per heavy atom. The average Bonchev–Trinajstić information content (AvgIpc) is 2.35. The highest BCUT2D eigenvalue weighted by Crippen LogP contribution is 2.03. The Morgan fingerprint density at radius 2 is 2.18 bits per heavy atom. The summed E-state index contributed by atoms with van der Waals surface area (Å²) in [6.45, 7) is 4.05. The van der Waals surface area contributed by atoms with E-state index in [0.717, 1.165) is 12.8 Å². The Balaban J connectivity index is 4.04.